The number of rotatable bonds is 0. The summed E-state index contributed by atoms with van der Waals surface area (Å²) in [6.45, 7) is 5.46. The monoisotopic (exact) mass is 209 g/mol. The molecule has 4 nitrogen and oxygen atoms in total. The van der Waals surface area contributed by atoms with Gasteiger partial charge in [0.15, 0.2) is 5.78 Å². The lowest BCUT2D eigenvalue weighted by atomic mass is 10.1. The number of nitrogens with zero attached hydrogens (tertiary/aromatic N) is 1. The van der Waals surface area contributed by atoms with Crippen LogP contribution in [0.25, 0.3) is 0 Å². The Kier molecular flexibility index (Phi) is 2.10. The summed E-state index contributed by atoms with van der Waals surface area (Å²) in [4.78, 5) is 24.7. The van der Waals surface area contributed by atoms with E-state index in [0.717, 1.165) is 6.42 Å². The summed E-state index contributed by atoms with van der Waals surface area (Å²) < 4.78 is 5.24. The zero-order valence-corrected chi connectivity index (χ0v) is 9.24. The van der Waals surface area contributed by atoms with E-state index in [2.05, 4.69) is 0 Å². The smallest absolute Gasteiger partial charge is 0.415 e. The van der Waals surface area contributed by atoms with Gasteiger partial charge < -0.3 is 4.74 Å². The third kappa shape index (κ3) is 1.76. The Morgan fingerprint density at radius 2 is 2.20 bits per heavy atom. The summed E-state index contributed by atoms with van der Waals surface area (Å²) in [6, 6.07) is 0.00218. The Morgan fingerprint density at radius 3 is 2.60 bits per heavy atom. The Morgan fingerprint density at radius 1 is 1.53 bits per heavy atom. The molecule has 0 aromatic heterocycles. The number of fused-ring (bicyclic) bond motifs is 2. The second-order valence-corrected chi connectivity index (χ2v) is 4.96. The highest BCUT2D eigenvalue weighted by Gasteiger charge is 2.44. The van der Waals surface area contributed by atoms with Gasteiger partial charge in [0.2, 0.25) is 0 Å². The van der Waals surface area contributed by atoms with Gasteiger partial charge in [0.25, 0.3) is 0 Å². The Hall–Kier alpha value is -1.32. The third-order valence-corrected chi connectivity index (χ3v) is 2.50. The number of hydrogen-bond acceptors (Lipinski definition) is 3. The Labute approximate surface area is 88.9 Å². The van der Waals surface area contributed by atoms with E-state index in [0.29, 0.717) is 12.1 Å². The summed E-state index contributed by atoms with van der Waals surface area (Å²) in [5.41, 5.74) is 0.0113. The topological polar surface area (TPSA) is 46.6 Å². The molecule has 1 unspecified atom stereocenters. The maximum Gasteiger partial charge on any atom is 0.415 e. The highest BCUT2D eigenvalue weighted by Crippen LogP contribution is 2.34. The summed E-state index contributed by atoms with van der Waals surface area (Å²) in [7, 11) is 0. The molecular weight excluding hydrogens is 194 g/mol. The minimum absolute atomic E-state index is 0.00218. The molecule has 1 atom stereocenters. The van der Waals surface area contributed by atoms with Crippen molar-refractivity contribution in [2.75, 3.05) is 0 Å². The molecule has 82 valence electrons. The zero-order chi connectivity index (χ0) is 11.2. The van der Waals surface area contributed by atoms with Crippen molar-refractivity contribution in [1.29, 1.82) is 0 Å². The molecule has 0 aromatic rings. The second-order valence-electron chi connectivity index (χ2n) is 4.96. The van der Waals surface area contributed by atoms with Gasteiger partial charge >= 0.3 is 6.09 Å². The van der Waals surface area contributed by atoms with Crippen molar-refractivity contribution in [3.05, 3.63) is 11.8 Å². The van der Waals surface area contributed by atoms with Crippen LogP contribution in [-0.4, -0.2) is 28.4 Å². The molecule has 0 aromatic carbocycles. The first-order valence-corrected chi connectivity index (χ1v) is 5.14. The standard InChI is InChI=1S/C11H15NO3/c1-11(2,3)15-10(14)12-7-4-5-8(12)9(13)6-7/h5,7H,4,6H2,1-3H3. The van der Waals surface area contributed by atoms with Gasteiger partial charge in [0.05, 0.1) is 11.7 Å². The van der Waals surface area contributed by atoms with E-state index in [1.54, 1.807) is 0 Å². The molecule has 0 aliphatic carbocycles. The SMILES string of the molecule is CC(C)(C)OC(=O)N1C2=CCC1CC2=O. The average Bonchev–Trinajstić information content (AvgIpc) is 2.55. The molecule has 0 saturated carbocycles. The Bertz CT molecular complexity index is 351. The van der Waals surface area contributed by atoms with Crippen LogP contribution >= 0.6 is 0 Å². The largest absolute Gasteiger partial charge is 0.443 e. The third-order valence-electron chi connectivity index (χ3n) is 2.50. The summed E-state index contributed by atoms with van der Waals surface area (Å²) in [6.07, 6.45) is 2.65. The number of Topliss-reactive ketones (excluding diaryl/α,β-unsaturated/α-hetero) is 1. The molecule has 15 heavy (non-hydrogen) atoms. The maximum absolute atomic E-state index is 11.8. The van der Waals surface area contributed by atoms with Crippen molar-refractivity contribution >= 4 is 11.9 Å². The maximum atomic E-state index is 11.8. The predicted octanol–water partition coefficient (Wildman–Crippen LogP) is 1.85. The molecule has 2 bridgehead atoms. The van der Waals surface area contributed by atoms with Crippen LogP contribution in [0, 0.1) is 0 Å². The number of amides is 1. The number of carbonyl (C=O) groups is 2. The molecule has 1 fully saturated rings. The summed E-state index contributed by atoms with van der Waals surface area (Å²) in [5, 5.41) is 0. The molecule has 0 radical (unpaired) electrons. The first-order valence-electron chi connectivity index (χ1n) is 5.14. The number of allylic oxidation sites excluding steroid dienone is 1. The van der Waals surface area contributed by atoms with E-state index < -0.39 is 11.7 Å². The normalized spacial score (nSPS) is 24.5. The van der Waals surface area contributed by atoms with Crippen LogP contribution in [0.1, 0.15) is 33.6 Å². The minimum atomic E-state index is -0.511. The fraction of sp³-hybridized carbons (Fsp3) is 0.636. The van der Waals surface area contributed by atoms with Crippen molar-refractivity contribution in [2.24, 2.45) is 0 Å². The average molecular weight is 209 g/mol. The van der Waals surface area contributed by atoms with Crippen LogP contribution in [0.2, 0.25) is 0 Å². The van der Waals surface area contributed by atoms with Gasteiger partial charge in [0, 0.05) is 6.42 Å². The number of ketones is 1. The molecule has 2 aliphatic rings. The van der Waals surface area contributed by atoms with Crippen molar-refractivity contribution in [3.63, 3.8) is 0 Å². The second kappa shape index (κ2) is 3.08. The van der Waals surface area contributed by atoms with Crippen LogP contribution < -0.4 is 0 Å². The number of ether oxygens (including phenoxy) is 1. The van der Waals surface area contributed by atoms with Gasteiger partial charge in [-0.1, -0.05) is 6.08 Å². The molecule has 0 N–H and O–H groups in total. The van der Waals surface area contributed by atoms with E-state index in [4.69, 9.17) is 4.74 Å². The van der Waals surface area contributed by atoms with Crippen LogP contribution in [0.3, 0.4) is 0 Å². The number of carbonyl (C=O) groups excluding carboxylic acids is 2. The van der Waals surface area contributed by atoms with Gasteiger partial charge in [-0.15, -0.1) is 0 Å². The molecule has 2 aliphatic heterocycles. The first-order chi connectivity index (χ1) is 6.88. The van der Waals surface area contributed by atoms with Crippen LogP contribution in [0.4, 0.5) is 4.79 Å². The summed E-state index contributed by atoms with van der Waals surface area (Å²) >= 11 is 0. The lowest BCUT2D eigenvalue weighted by Gasteiger charge is -2.25. The van der Waals surface area contributed by atoms with Gasteiger partial charge in [-0.3, -0.25) is 9.69 Å². The van der Waals surface area contributed by atoms with E-state index in [1.807, 2.05) is 26.8 Å². The fourth-order valence-corrected chi connectivity index (χ4v) is 1.95. The van der Waals surface area contributed by atoms with Crippen molar-refractivity contribution in [2.45, 2.75) is 45.3 Å². The Balaban J connectivity index is 2.11. The lowest BCUT2D eigenvalue weighted by molar-refractivity contribution is -0.115. The van der Waals surface area contributed by atoms with Gasteiger partial charge in [0.1, 0.15) is 5.60 Å². The van der Waals surface area contributed by atoms with E-state index >= 15 is 0 Å². The summed E-state index contributed by atoms with van der Waals surface area (Å²) in [5.74, 6) is 0.0529. The molecule has 2 rings (SSSR count). The van der Waals surface area contributed by atoms with Crippen LogP contribution in [0.15, 0.2) is 11.8 Å². The zero-order valence-electron chi connectivity index (χ0n) is 9.24. The van der Waals surface area contributed by atoms with E-state index in [1.165, 1.54) is 4.90 Å². The molecule has 1 saturated heterocycles. The van der Waals surface area contributed by atoms with Crippen LogP contribution in [0.5, 0.6) is 0 Å². The first kappa shape index (κ1) is 10.2. The van der Waals surface area contributed by atoms with Crippen molar-refractivity contribution < 1.29 is 14.3 Å². The highest BCUT2D eigenvalue weighted by molar-refractivity contribution is 6.02. The number of hydrogen-bond donors (Lipinski definition) is 0. The van der Waals surface area contributed by atoms with Gasteiger partial charge in [-0.25, -0.2) is 4.79 Å². The van der Waals surface area contributed by atoms with Gasteiger partial charge in [-0.2, -0.15) is 0 Å². The van der Waals surface area contributed by atoms with E-state index in [-0.39, 0.29) is 11.8 Å². The van der Waals surface area contributed by atoms with E-state index in [9.17, 15) is 9.59 Å². The fourth-order valence-electron chi connectivity index (χ4n) is 1.95. The quantitative estimate of drug-likeness (QED) is 0.611. The van der Waals surface area contributed by atoms with Crippen molar-refractivity contribution in [3.8, 4) is 0 Å². The van der Waals surface area contributed by atoms with Gasteiger partial charge in [-0.05, 0) is 27.2 Å². The highest BCUT2D eigenvalue weighted by atomic mass is 16.6. The molecule has 4 heteroatoms. The minimum Gasteiger partial charge on any atom is -0.443 e. The predicted molar refractivity (Wildman–Crippen MR) is 54.2 cm³/mol. The molecular formula is C11H15NO3. The lowest BCUT2D eigenvalue weighted by Crippen LogP contribution is -2.36. The van der Waals surface area contributed by atoms with Crippen LogP contribution in [-0.2, 0) is 9.53 Å². The molecule has 1 amide bonds. The molecule has 2 heterocycles. The molecule has 0 spiro atoms. The van der Waals surface area contributed by atoms with Crippen molar-refractivity contribution in [1.82, 2.24) is 4.90 Å².